The number of aromatic nitrogens is 3. The first-order chi connectivity index (χ1) is 11.0. The Hall–Kier alpha value is -2.83. The topological polar surface area (TPSA) is 89.3 Å². The van der Waals surface area contributed by atoms with Gasteiger partial charge >= 0.3 is 5.97 Å². The Kier molecular flexibility index (Phi) is 3.77. The molecule has 0 saturated carbocycles. The van der Waals surface area contributed by atoms with E-state index in [0.29, 0.717) is 17.2 Å². The molecule has 0 spiro atoms. The molecule has 1 aliphatic rings. The van der Waals surface area contributed by atoms with Gasteiger partial charge in [0.2, 0.25) is 5.95 Å². The maximum atomic E-state index is 12.6. The van der Waals surface area contributed by atoms with Crippen molar-refractivity contribution >= 4 is 11.9 Å². The molecule has 1 aliphatic heterocycles. The quantitative estimate of drug-likeness (QED) is 0.845. The van der Waals surface area contributed by atoms with Crippen LogP contribution in [-0.4, -0.2) is 31.9 Å². The first-order valence-corrected chi connectivity index (χ1v) is 7.34. The number of carbonyl (C=O) groups is 1. The summed E-state index contributed by atoms with van der Waals surface area (Å²) in [4.78, 5) is 16.7. The van der Waals surface area contributed by atoms with Gasteiger partial charge in [0, 0.05) is 5.70 Å². The van der Waals surface area contributed by atoms with Crippen molar-refractivity contribution in [1.82, 2.24) is 14.8 Å². The Morgan fingerprint density at radius 2 is 2.04 bits per heavy atom. The zero-order valence-corrected chi connectivity index (χ0v) is 13.1. The molecular weight excluding hydrogens is 296 g/mol. The van der Waals surface area contributed by atoms with Gasteiger partial charge < -0.3 is 15.2 Å². The van der Waals surface area contributed by atoms with Gasteiger partial charge in [-0.2, -0.15) is 10.1 Å². The van der Waals surface area contributed by atoms with Crippen LogP contribution in [0.3, 0.4) is 0 Å². The van der Waals surface area contributed by atoms with Gasteiger partial charge in [0.15, 0.2) is 0 Å². The maximum absolute atomic E-state index is 12.6. The van der Waals surface area contributed by atoms with E-state index < -0.39 is 12.0 Å². The fraction of sp³-hybridized carbons (Fsp3) is 0.312. The molecule has 0 saturated heterocycles. The van der Waals surface area contributed by atoms with Crippen LogP contribution in [0.4, 0.5) is 5.95 Å². The summed E-state index contributed by atoms with van der Waals surface area (Å²) in [6.07, 6.45) is 1.21. The summed E-state index contributed by atoms with van der Waals surface area (Å²) in [6, 6.07) is 6.21. The minimum Gasteiger partial charge on any atom is -0.508 e. The number of esters is 1. The molecule has 1 aromatic heterocycles. The average molecular weight is 314 g/mol. The zero-order valence-electron chi connectivity index (χ0n) is 13.1. The molecule has 2 aromatic rings. The lowest BCUT2D eigenvalue weighted by molar-refractivity contribution is -0.143. The molecule has 7 nitrogen and oxygen atoms in total. The van der Waals surface area contributed by atoms with E-state index in [9.17, 15) is 9.90 Å². The minimum atomic E-state index is -0.458. The average Bonchev–Trinajstić information content (AvgIpc) is 2.93. The van der Waals surface area contributed by atoms with E-state index in [1.807, 2.05) is 6.92 Å². The maximum Gasteiger partial charge on any atom is 0.338 e. The smallest absolute Gasteiger partial charge is 0.338 e. The van der Waals surface area contributed by atoms with Crippen molar-refractivity contribution in [3.05, 3.63) is 47.4 Å². The predicted molar refractivity (Wildman–Crippen MR) is 83.8 cm³/mol. The van der Waals surface area contributed by atoms with E-state index in [1.165, 1.54) is 6.33 Å². The number of rotatable bonds is 3. The molecule has 0 radical (unpaired) electrons. The van der Waals surface area contributed by atoms with Gasteiger partial charge in [0.05, 0.1) is 11.7 Å². The number of phenolic OH excluding ortho intramolecular Hbond substituents is 1. The van der Waals surface area contributed by atoms with Crippen LogP contribution >= 0.6 is 0 Å². The number of nitrogens with zero attached hydrogens (tertiary/aromatic N) is 3. The second-order valence-electron chi connectivity index (χ2n) is 5.64. The molecule has 7 heteroatoms. The van der Waals surface area contributed by atoms with E-state index in [2.05, 4.69) is 15.4 Å². The highest BCUT2D eigenvalue weighted by Gasteiger charge is 2.34. The first-order valence-electron chi connectivity index (χ1n) is 7.34. The van der Waals surface area contributed by atoms with Crippen LogP contribution in [0.1, 0.15) is 32.4 Å². The SMILES string of the molecule is CC1=C(C(=O)OC(C)C)C(c2ccc(O)cc2)n2ncnc2N1. The number of ether oxygens (including phenoxy) is 1. The van der Waals surface area contributed by atoms with E-state index in [1.54, 1.807) is 42.8 Å². The molecule has 0 bridgehead atoms. The van der Waals surface area contributed by atoms with Crippen molar-refractivity contribution < 1.29 is 14.6 Å². The van der Waals surface area contributed by atoms with Gasteiger partial charge in [0.1, 0.15) is 18.1 Å². The molecule has 120 valence electrons. The number of hydrogen-bond donors (Lipinski definition) is 2. The molecule has 0 fully saturated rings. The molecular formula is C16H18N4O3. The summed E-state index contributed by atoms with van der Waals surface area (Å²) in [5, 5.41) is 16.8. The monoisotopic (exact) mass is 314 g/mol. The van der Waals surface area contributed by atoms with Crippen LogP contribution in [0.2, 0.25) is 0 Å². The molecule has 0 amide bonds. The first kappa shape index (κ1) is 15.1. The number of carbonyl (C=O) groups excluding carboxylic acids is 1. The Morgan fingerprint density at radius 3 is 2.70 bits per heavy atom. The third kappa shape index (κ3) is 2.77. The summed E-state index contributed by atoms with van der Waals surface area (Å²) in [5.41, 5.74) is 1.96. The van der Waals surface area contributed by atoms with Crippen molar-refractivity contribution in [2.24, 2.45) is 0 Å². The van der Waals surface area contributed by atoms with Crippen LogP contribution in [0, 0.1) is 0 Å². The zero-order chi connectivity index (χ0) is 16.6. The number of phenols is 1. The largest absolute Gasteiger partial charge is 0.508 e. The van der Waals surface area contributed by atoms with Gasteiger partial charge in [-0.15, -0.1) is 0 Å². The number of aromatic hydroxyl groups is 1. The number of anilines is 1. The van der Waals surface area contributed by atoms with Crippen LogP contribution in [0.15, 0.2) is 41.9 Å². The Morgan fingerprint density at radius 1 is 1.35 bits per heavy atom. The van der Waals surface area contributed by atoms with Gasteiger partial charge in [0.25, 0.3) is 0 Å². The Balaban J connectivity index is 2.10. The lowest BCUT2D eigenvalue weighted by atomic mass is 9.95. The standard InChI is InChI=1S/C16H18N4O3/c1-9(2)23-15(22)13-10(3)19-16-17-8-18-20(16)14(13)11-4-6-12(21)7-5-11/h4-9,14,21H,1-3H3,(H,17,18,19). The van der Waals surface area contributed by atoms with Gasteiger partial charge in [-0.1, -0.05) is 12.1 Å². The highest BCUT2D eigenvalue weighted by molar-refractivity contribution is 5.92. The molecule has 0 aliphatic carbocycles. The molecule has 1 atom stereocenters. The summed E-state index contributed by atoms with van der Waals surface area (Å²) in [7, 11) is 0. The minimum absolute atomic E-state index is 0.161. The van der Waals surface area contributed by atoms with Crippen molar-refractivity contribution in [3.63, 3.8) is 0 Å². The Bertz CT molecular complexity index is 762. The molecule has 1 unspecified atom stereocenters. The summed E-state index contributed by atoms with van der Waals surface area (Å²) < 4.78 is 7.01. The van der Waals surface area contributed by atoms with Crippen LogP contribution in [-0.2, 0) is 9.53 Å². The molecule has 23 heavy (non-hydrogen) atoms. The normalized spacial score (nSPS) is 17.0. The van der Waals surface area contributed by atoms with E-state index >= 15 is 0 Å². The van der Waals surface area contributed by atoms with Gasteiger partial charge in [-0.25, -0.2) is 9.48 Å². The molecule has 2 heterocycles. The third-order valence-corrected chi connectivity index (χ3v) is 3.57. The second-order valence-corrected chi connectivity index (χ2v) is 5.64. The summed E-state index contributed by atoms with van der Waals surface area (Å²) in [5.74, 6) is 0.319. The number of allylic oxidation sites excluding steroid dienone is 1. The predicted octanol–water partition coefficient (Wildman–Crippen LogP) is 2.22. The van der Waals surface area contributed by atoms with E-state index in [0.717, 1.165) is 5.56 Å². The van der Waals surface area contributed by atoms with E-state index in [-0.39, 0.29) is 11.9 Å². The van der Waals surface area contributed by atoms with E-state index in [4.69, 9.17) is 4.74 Å². The van der Waals surface area contributed by atoms with Crippen LogP contribution in [0.25, 0.3) is 0 Å². The lowest BCUT2D eigenvalue weighted by Gasteiger charge is -2.28. The van der Waals surface area contributed by atoms with Crippen molar-refractivity contribution in [2.45, 2.75) is 32.9 Å². The molecule has 1 aromatic carbocycles. The second kappa shape index (κ2) is 5.75. The van der Waals surface area contributed by atoms with Crippen LogP contribution in [0.5, 0.6) is 5.75 Å². The molecule has 3 rings (SSSR count). The highest BCUT2D eigenvalue weighted by atomic mass is 16.5. The third-order valence-electron chi connectivity index (χ3n) is 3.57. The number of benzene rings is 1. The van der Waals surface area contributed by atoms with Crippen molar-refractivity contribution in [2.75, 3.05) is 5.32 Å². The fourth-order valence-corrected chi connectivity index (χ4v) is 2.60. The van der Waals surface area contributed by atoms with Crippen molar-refractivity contribution in [3.8, 4) is 5.75 Å². The number of fused-ring (bicyclic) bond motifs is 1. The summed E-state index contributed by atoms with van der Waals surface area (Å²) >= 11 is 0. The summed E-state index contributed by atoms with van der Waals surface area (Å²) in [6.45, 7) is 5.42. The number of hydrogen-bond acceptors (Lipinski definition) is 6. The number of nitrogens with one attached hydrogen (secondary N) is 1. The highest BCUT2D eigenvalue weighted by Crippen LogP contribution is 2.35. The van der Waals surface area contributed by atoms with Gasteiger partial charge in [-0.05, 0) is 38.5 Å². The fourth-order valence-electron chi connectivity index (χ4n) is 2.60. The lowest BCUT2D eigenvalue weighted by Crippen LogP contribution is -2.30. The molecule has 2 N–H and O–H groups in total. The Labute approximate surface area is 133 Å². The van der Waals surface area contributed by atoms with Gasteiger partial charge in [-0.3, -0.25) is 0 Å². The van der Waals surface area contributed by atoms with Crippen molar-refractivity contribution in [1.29, 1.82) is 0 Å². The van der Waals surface area contributed by atoms with Crippen LogP contribution < -0.4 is 5.32 Å².